The molecule has 0 aliphatic carbocycles. The number of benzene rings is 1. The maximum Gasteiger partial charge on any atom is 0.452 e. The molecule has 2 rings (SSSR count). The van der Waals surface area contributed by atoms with Crippen LogP contribution in [0.5, 0.6) is 0 Å². The van der Waals surface area contributed by atoms with Gasteiger partial charge in [-0.05, 0) is 31.2 Å². The molecule has 1 aromatic carbocycles. The molecule has 6 nitrogen and oxygen atoms in total. The van der Waals surface area contributed by atoms with Gasteiger partial charge >= 0.3 is 6.09 Å². The molecule has 0 saturated carbocycles. The highest BCUT2D eigenvalue weighted by Crippen LogP contribution is 2.16. The fourth-order valence-corrected chi connectivity index (χ4v) is 2.50. The summed E-state index contributed by atoms with van der Waals surface area (Å²) in [6.45, 7) is 0.783. The first-order valence-corrected chi connectivity index (χ1v) is 7.20. The van der Waals surface area contributed by atoms with Gasteiger partial charge in [-0.1, -0.05) is 30.3 Å². The molecular formula is C15H20N2O4. The fourth-order valence-electron chi connectivity index (χ4n) is 2.50. The molecule has 0 spiro atoms. The van der Waals surface area contributed by atoms with Crippen LogP contribution in [0, 0.1) is 0 Å². The summed E-state index contributed by atoms with van der Waals surface area (Å²) in [6, 6.07) is 9.24. The van der Waals surface area contributed by atoms with Crippen molar-refractivity contribution in [2.45, 2.75) is 32.3 Å². The molecular weight excluding hydrogens is 272 g/mol. The van der Waals surface area contributed by atoms with Gasteiger partial charge in [0.2, 0.25) is 0 Å². The third-order valence-electron chi connectivity index (χ3n) is 3.70. The van der Waals surface area contributed by atoms with Crippen LogP contribution in [0.3, 0.4) is 0 Å². The van der Waals surface area contributed by atoms with Crippen molar-refractivity contribution in [2.24, 2.45) is 0 Å². The minimum atomic E-state index is -1.28. The number of hydrogen-bond acceptors (Lipinski definition) is 4. The van der Waals surface area contributed by atoms with Crippen molar-refractivity contribution in [3.8, 4) is 0 Å². The zero-order chi connectivity index (χ0) is 15.1. The predicted octanol–water partition coefficient (Wildman–Crippen LogP) is 1.56. The Balaban J connectivity index is 1.93. The lowest BCUT2D eigenvalue weighted by Gasteiger charge is -2.35. The van der Waals surface area contributed by atoms with E-state index in [9.17, 15) is 14.7 Å². The molecule has 1 aliphatic rings. The van der Waals surface area contributed by atoms with Gasteiger partial charge in [0, 0.05) is 0 Å². The first kappa shape index (κ1) is 15.3. The number of likely N-dealkylation sites (tertiary alicyclic amines) is 1. The van der Waals surface area contributed by atoms with E-state index >= 15 is 0 Å². The Kier molecular flexibility index (Phi) is 5.16. The summed E-state index contributed by atoms with van der Waals surface area (Å²) in [5, 5.41) is 11.4. The molecule has 114 valence electrons. The van der Waals surface area contributed by atoms with Gasteiger partial charge in [0.25, 0.3) is 6.09 Å². The number of amides is 2. The van der Waals surface area contributed by atoms with E-state index < -0.39 is 16.8 Å². The Morgan fingerprint density at radius 1 is 1.10 bits per heavy atom. The molecule has 1 fully saturated rings. The van der Waals surface area contributed by atoms with E-state index in [2.05, 4.69) is 5.43 Å². The number of carbonyl (C=O) groups is 2. The van der Waals surface area contributed by atoms with Crippen molar-refractivity contribution in [1.29, 1.82) is 0 Å². The van der Waals surface area contributed by atoms with Crippen LogP contribution in [0.25, 0.3) is 0 Å². The predicted molar refractivity (Wildman–Crippen MR) is 73.6 cm³/mol. The number of carboxylic acid groups (broad SMARTS) is 1. The highest BCUT2D eigenvalue weighted by Gasteiger charge is 2.34. The molecule has 0 aromatic heterocycles. The van der Waals surface area contributed by atoms with E-state index in [4.69, 9.17) is 4.74 Å². The Labute approximate surface area is 123 Å². The van der Waals surface area contributed by atoms with Gasteiger partial charge in [0.05, 0.1) is 0 Å². The standard InChI is InChI=1S/C15H20N2O4/c18-14(21-12-13-8-4-3-5-9-13)16-17(15(19)20)10-6-1-2-7-11-17/h3-5,8-9H,1-2,6-7,10-12H2,(H-,16,18,19,20). The Morgan fingerprint density at radius 2 is 1.71 bits per heavy atom. The van der Waals surface area contributed by atoms with Crippen LogP contribution in [-0.4, -0.2) is 29.9 Å². The number of carbonyl (C=O) groups excluding carboxylic acids is 2. The number of nitrogens with one attached hydrogen (secondary N) is 1. The molecule has 0 atom stereocenters. The smallest absolute Gasteiger partial charge is 0.452 e. The van der Waals surface area contributed by atoms with E-state index in [1.165, 1.54) is 0 Å². The van der Waals surface area contributed by atoms with Crippen LogP contribution in [0.4, 0.5) is 9.59 Å². The summed E-state index contributed by atoms with van der Waals surface area (Å²) in [5.74, 6) is 0. The van der Waals surface area contributed by atoms with E-state index in [0.29, 0.717) is 13.1 Å². The molecule has 21 heavy (non-hydrogen) atoms. The number of hydrogen-bond donors (Lipinski definition) is 1. The average Bonchev–Trinajstić information content (AvgIpc) is 2.73. The van der Waals surface area contributed by atoms with Gasteiger partial charge in [-0.25, -0.2) is 4.79 Å². The maximum atomic E-state index is 11.9. The van der Waals surface area contributed by atoms with Crippen molar-refractivity contribution in [2.75, 3.05) is 13.1 Å². The molecule has 2 amide bonds. The number of nitrogens with zero attached hydrogens (tertiary/aromatic N) is 1. The summed E-state index contributed by atoms with van der Waals surface area (Å²) < 4.78 is 4.54. The Morgan fingerprint density at radius 3 is 2.29 bits per heavy atom. The summed E-state index contributed by atoms with van der Waals surface area (Å²) in [5.41, 5.74) is 3.31. The van der Waals surface area contributed by atoms with Crippen LogP contribution in [0.15, 0.2) is 30.3 Å². The molecule has 1 saturated heterocycles. The topological polar surface area (TPSA) is 78.5 Å². The zero-order valence-corrected chi connectivity index (χ0v) is 11.9. The maximum absolute atomic E-state index is 11.9. The van der Waals surface area contributed by atoms with Gasteiger partial charge in [-0.2, -0.15) is 10.0 Å². The van der Waals surface area contributed by atoms with Crippen molar-refractivity contribution in [3.63, 3.8) is 0 Å². The molecule has 1 aliphatic heterocycles. The average molecular weight is 292 g/mol. The van der Waals surface area contributed by atoms with Crippen molar-refractivity contribution in [3.05, 3.63) is 35.9 Å². The second-order valence-corrected chi connectivity index (χ2v) is 5.27. The third kappa shape index (κ3) is 4.19. The van der Waals surface area contributed by atoms with Crippen LogP contribution in [0.2, 0.25) is 0 Å². The summed E-state index contributed by atoms with van der Waals surface area (Å²) in [7, 11) is 0. The Hall–Kier alpha value is -2.08. The monoisotopic (exact) mass is 292 g/mol. The third-order valence-corrected chi connectivity index (χ3v) is 3.70. The molecule has 0 unspecified atom stereocenters. The molecule has 0 bridgehead atoms. The normalized spacial score (nSPS) is 17.5. The Bertz CT molecular complexity index is 482. The lowest BCUT2D eigenvalue weighted by molar-refractivity contribution is -0.909. The van der Waals surface area contributed by atoms with Gasteiger partial charge < -0.3 is 14.6 Å². The minimum Gasteiger partial charge on any atom is -0.496 e. The van der Waals surface area contributed by atoms with Gasteiger partial charge in [0.15, 0.2) is 0 Å². The number of ether oxygens (including phenoxy) is 1. The van der Waals surface area contributed by atoms with Crippen molar-refractivity contribution >= 4 is 12.2 Å². The first-order chi connectivity index (χ1) is 10.1. The van der Waals surface area contributed by atoms with Crippen LogP contribution in [0.1, 0.15) is 31.2 Å². The number of rotatable bonds is 2. The lowest BCUT2D eigenvalue weighted by Crippen LogP contribution is -2.68. The highest BCUT2D eigenvalue weighted by molar-refractivity contribution is 5.68. The highest BCUT2D eigenvalue weighted by atomic mass is 16.6. The lowest BCUT2D eigenvalue weighted by atomic mass is 10.2. The molecule has 1 N–H and O–H groups in total. The zero-order valence-electron chi connectivity index (χ0n) is 11.9. The van der Waals surface area contributed by atoms with E-state index in [0.717, 1.165) is 31.2 Å². The summed E-state index contributed by atoms with van der Waals surface area (Å²) in [6.07, 6.45) is 1.40. The second-order valence-electron chi connectivity index (χ2n) is 5.27. The van der Waals surface area contributed by atoms with Gasteiger partial charge in [0.1, 0.15) is 19.7 Å². The van der Waals surface area contributed by atoms with Crippen molar-refractivity contribution in [1.82, 2.24) is 5.43 Å². The first-order valence-electron chi connectivity index (χ1n) is 7.20. The van der Waals surface area contributed by atoms with E-state index in [-0.39, 0.29) is 6.61 Å². The molecule has 1 heterocycles. The molecule has 1 aromatic rings. The van der Waals surface area contributed by atoms with Gasteiger partial charge in [-0.3, -0.25) is 0 Å². The SMILES string of the molecule is O=C(N[N+]1(C(=O)[O-])CCCCCC1)OCc1ccccc1. The summed E-state index contributed by atoms with van der Waals surface area (Å²) >= 11 is 0. The molecule has 6 heteroatoms. The number of quaternary nitrogens is 1. The van der Waals surface area contributed by atoms with Crippen LogP contribution in [-0.2, 0) is 11.3 Å². The van der Waals surface area contributed by atoms with Gasteiger partial charge in [-0.15, -0.1) is 0 Å². The van der Waals surface area contributed by atoms with E-state index in [1.807, 2.05) is 30.3 Å². The molecule has 0 radical (unpaired) electrons. The minimum absolute atomic E-state index is 0.111. The second kappa shape index (κ2) is 7.08. The van der Waals surface area contributed by atoms with Crippen molar-refractivity contribution < 1.29 is 24.0 Å². The largest absolute Gasteiger partial charge is 0.496 e. The van der Waals surface area contributed by atoms with Crippen LogP contribution >= 0.6 is 0 Å². The quantitative estimate of drug-likeness (QED) is 0.839. The summed E-state index contributed by atoms with van der Waals surface area (Å²) in [4.78, 5) is 23.3. The van der Waals surface area contributed by atoms with E-state index in [1.54, 1.807) is 0 Å². The fraction of sp³-hybridized carbons (Fsp3) is 0.467. The van der Waals surface area contributed by atoms with Crippen LogP contribution < -0.4 is 10.5 Å².